The second kappa shape index (κ2) is 4.76. The summed E-state index contributed by atoms with van der Waals surface area (Å²) in [4.78, 5) is 0. The van der Waals surface area contributed by atoms with Gasteiger partial charge in [0.25, 0.3) is 0 Å². The Morgan fingerprint density at radius 3 is 2.39 bits per heavy atom. The smallest absolute Gasteiger partial charge is 0.0159 e. The highest BCUT2D eigenvalue weighted by Crippen LogP contribution is 2.39. The van der Waals surface area contributed by atoms with E-state index in [0.29, 0.717) is 0 Å². The zero-order valence-electron chi connectivity index (χ0n) is 11.4. The summed E-state index contributed by atoms with van der Waals surface area (Å²) in [5, 5.41) is 2.75. The molecule has 0 aliphatic heterocycles. The Morgan fingerprint density at radius 2 is 1.61 bits per heavy atom. The zero-order valence-corrected chi connectivity index (χ0v) is 11.4. The third-order valence-electron chi connectivity index (χ3n) is 4.84. The molecule has 0 heterocycles. The van der Waals surface area contributed by atoms with Gasteiger partial charge in [0.15, 0.2) is 0 Å². The van der Waals surface area contributed by atoms with Gasteiger partial charge in [0, 0.05) is 0 Å². The van der Waals surface area contributed by atoms with Crippen molar-refractivity contribution in [3.8, 4) is 0 Å². The van der Waals surface area contributed by atoms with Gasteiger partial charge in [-0.3, -0.25) is 0 Å². The average molecular weight is 238 g/mol. The summed E-state index contributed by atoms with van der Waals surface area (Å²) in [5.74, 6) is 2.55. The van der Waals surface area contributed by atoms with Crippen molar-refractivity contribution in [2.75, 3.05) is 0 Å². The molecule has 0 unspecified atom stereocenters. The first-order chi connectivity index (χ1) is 8.74. The largest absolute Gasteiger partial charge is 0.0623 e. The molecule has 94 valence electrons. The van der Waals surface area contributed by atoms with Gasteiger partial charge >= 0.3 is 0 Å². The summed E-state index contributed by atoms with van der Waals surface area (Å²) in [5.41, 5.74) is 1.55. The molecular formula is C18H22. The Balaban J connectivity index is 1.90. The van der Waals surface area contributed by atoms with Crippen LogP contribution in [0, 0.1) is 11.8 Å². The molecule has 0 heteroatoms. The summed E-state index contributed by atoms with van der Waals surface area (Å²) >= 11 is 0. The van der Waals surface area contributed by atoms with Crippen molar-refractivity contribution in [2.45, 2.75) is 39.0 Å². The minimum Gasteiger partial charge on any atom is -0.0623 e. The van der Waals surface area contributed by atoms with Gasteiger partial charge in [-0.15, -0.1) is 0 Å². The predicted molar refractivity (Wildman–Crippen MR) is 78.9 cm³/mol. The van der Waals surface area contributed by atoms with E-state index in [1.165, 1.54) is 30.0 Å². The molecule has 2 aromatic carbocycles. The van der Waals surface area contributed by atoms with Gasteiger partial charge in [0.05, 0.1) is 0 Å². The highest BCUT2D eigenvalue weighted by atomic mass is 14.3. The molecule has 0 N–H and O–H groups in total. The number of fused-ring (bicyclic) bond motifs is 1. The van der Waals surface area contributed by atoms with Gasteiger partial charge in [-0.1, -0.05) is 56.3 Å². The highest BCUT2D eigenvalue weighted by Gasteiger charge is 2.25. The molecule has 2 aromatic rings. The Morgan fingerprint density at radius 1 is 0.833 bits per heavy atom. The molecule has 0 saturated heterocycles. The maximum atomic E-state index is 2.41. The fraction of sp³-hybridized carbons (Fsp3) is 0.444. The van der Waals surface area contributed by atoms with E-state index in [1.807, 2.05) is 0 Å². The van der Waals surface area contributed by atoms with Crippen molar-refractivity contribution in [2.24, 2.45) is 11.8 Å². The van der Waals surface area contributed by atoms with Crippen molar-refractivity contribution in [1.29, 1.82) is 0 Å². The van der Waals surface area contributed by atoms with Crippen LogP contribution in [0.3, 0.4) is 0 Å². The normalized spacial score (nSPS) is 28.4. The fourth-order valence-corrected chi connectivity index (χ4v) is 3.31. The lowest BCUT2D eigenvalue weighted by Gasteiger charge is -2.32. The van der Waals surface area contributed by atoms with Gasteiger partial charge in [-0.2, -0.15) is 0 Å². The van der Waals surface area contributed by atoms with Gasteiger partial charge in [-0.25, -0.2) is 0 Å². The SMILES string of the molecule is C[C@H]1CC[C@H](c2ccc3ccccc3c2)C[C@@H]1C. The van der Waals surface area contributed by atoms with Gasteiger partial charge in [-0.05, 0) is 53.4 Å². The molecule has 3 rings (SSSR count). The van der Waals surface area contributed by atoms with Crippen LogP contribution in [0.4, 0.5) is 0 Å². The van der Waals surface area contributed by atoms with Crippen molar-refractivity contribution < 1.29 is 0 Å². The molecule has 0 amide bonds. The maximum absolute atomic E-state index is 2.41. The van der Waals surface area contributed by atoms with Crippen molar-refractivity contribution >= 4 is 10.8 Å². The number of rotatable bonds is 1. The summed E-state index contributed by atoms with van der Waals surface area (Å²) in [7, 11) is 0. The lowest BCUT2D eigenvalue weighted by atomic mass is 9.73. The van der Waals surface area contributed by atoms with Crippen LogP contribution in [0.2, 0.25) is 0 Å². The lowest BCUT2D eigenvalue weighted by molar-refractivity contribution is 0.250. The van der Waals surface area contributed by atoms with Crippen LogP contribution in [0.5, 0.6) is 0 Å². The van der Waals surface area contributed by atoms with Crippen molar-refractivity contribution in [1.82, 2.24) is 0 Å². The standard InChI is InChI=1S/C18H22/c1-13-7-8-17(11-14(13)2)18-10-9-15-5-3-4-6-16(15)12-18/h3-6,9-10,12-14,17H,7-8,11H2,1-2H3/t13-,14-,17-/m0/s1. The number of benzene rings is 2. The van der Waals surface area contributed by atoms with Crippen molar-refractivity contribution in [3.05, 3.63) is 48.0 Å². The van der Waals surface area contributed by atoms with E-state index in [-0.39, 0.29) is 0 Å². The first kappa shape index (κ1) is 11.8. The Labute approximate surface area is 110 Å². The van der Waals surface area contributed by atoms with Crippen LogP contribution in [0.25, 0.3) is 10.8 Å². The third kappa shape index (κ3) is 2.16. The summed E-state index contributed by atoms with van der Waals surface area (Å²) < 4.78 is 0. The summed E-state index contributed by atoms with van der Waals surface area (Å²) in [6.45, 7) is 4.82. The Bertz CT molecular complexity index is 540. The molecule has 0 spiro atoms. The Hall–Kier alpha value is -1.30. The predicted octanol–water partition coefficient (Wildman–Crippen LogP) is 5.38. The molecule has 18 heavy (non-hydrogen) atoms. The van der Waals surface area contributed by atoms with Crippen LogP contribution >= 0.6 is 0 Å². The second-order valence-electron chi connectivity index (χ2n) is 6.07. The topological polar surface area (TPSA) is 0 Å². The highest BCUT2D eigenvalue weighted by molar-refractivity contribution is 5.83. The summed E-state index contributed by atoms with van der Waals surface area (Å²) in [6.07, 6.45) is 4.11. The molecule has 0 nitrogen and oxygen atoms in total. The number of hydrogen-bond donors (Lipinski definition) is 0. The molecule has 0 aromatic heterocycles. The van der Waals surface area contributed by atoms with E-state index in [9.17, 15) is 0 Å². The van der Waals surface area contributed by atoms with E-state index in [2.05, 4.69) is 56.3 Å². The van der Waals surface area contributed by atoms with Crippen LogP contribution < -0.4 is 0 Å². The quantitative estimate of drug-likeness (QED) is 0.625. The maximum Gasteiger partial charge on any atom is -0.0159 e. The van der Waals surface area contributed by atoms with Gasteiger partial charge in [0.1, 0.15) is 0 Å². The minimum absolute atomic E-state index is 0.779. The van der Waals surface area contributed by atoms with Gasteiger partial charge in [0.2, 0.25) is 0 Å². The van der Waals surface area contributed by atoms with E-state index in [1.54, 1.807) is 5.56 Å². The first-order valence-electron chi connectivity index (χ1n) is 7.23. The molecule has 1 aliphatic rings. The molecule has 3 atom stereocenters. The van der Waals surface area contributed by atoms with Crippen LogP contribution in [0.1, 0.15) is 44.6 Å². The van der Waals surface area contributed by atoms with E-state index in [4.69, 9.17) is 0 Å². The van der Waals surface area contributed by atoms with E-state index >= 15 is 0 Å². The molecule has 0 bridgehead atoms. The first-order valence-corrected chi connectivity index (χ1v) is 7.23. The molecule has 1 saturated carbocycles. The lowest BCUT2D eigenvalue weighted by Crippen LogP contribution is -2.19. The number of hydrogen-bond acceptors (Lipinski definition) is 0. The van der Waals surface area contributed by atoms with Crippen LogP contribution in [-0.2, 0) is 0 Å². The third-order valence-corrected chi connectivity index (χ3v) is 4.84. The summed E-state index contributed by atoms with van der Waals surface area (Å²) in [6, 6.07) is 15.7. The molecule has 0 radical (unpaired) electrons. The van der Waals surface area contributed by atoms with Crippen molar-refractivity contribution in [3.63, 3.8) is 0 Å². The molecule has 1 aliphatic carbocycles. The minimum atomic E-state index is 0.779. The zero-order chi connectivity index (χ0) is 12.5. The van der Waals surface area contributed by atoms with E-state index < -0.39 is 0 Å². The fourth-order valence-electron chi connectivity index (χ4n) is 3.31. The Kier molecular flexibility index (Phi) is 3.11. The monoisotopic (exact) mass is 238 g/mol. The van der Waals surface area contributed by atoms with E-state index in [0.717, 1.165) is 17.8 Å². The second-order valence-corrected chi connectivity index (χ2v) is 6.07. The molecular weight excluding hydrogens is 216 g/mol. The van der Waals surface area contributed by atoms with Crippen LogP contribution in [-0.4, -0.2) is 0 Å². The average Bonchev–Trinajstić information content (AvgIpc) is 2.41. The molecule has 1 fully saturated rings. The van der Waals surface area contributed by atoms with Gasteiger partial charge < -0.3 is 0 Å². The van der Waals surface area contributed by atoms with Crippen LogP contribution in [0.15, 0.2) is 42.5 Å².